The molecule has 100 valence electrons. The number of carbonyl (C=O) groups excluding carboxylic acids is 2. The molecule has 0 fully saturated rings. The first-order valence-electron chi connectivity index (χ1n) is 5.05. The number of carbonyl (C=O) groups is 2. The summed E-state index contributed by atoms with van der Waals surface area (Å²) in [7, 11) is 0. The second kappa shape index (κ2) is 7.88. The molecule has 0 saturated carbocycles. The zero-order valence-electron chi connectivity index (χ0n) is 9.39. The largest absolute Gasteiger partial charge is 0.466 e. The summed E-state index contributed by atoms with van der Waals surface area (Å²) in [5.74, 6) is -1.06. The van der Waals surface area contributed by atoms with Crippen molar-refractivity contribution in [3.05, 3.63) is 0 Å². The second-order valence-corrected chi connectivity index (χ2v) is 3.12. The Labute approximate surface area is 96.7 Å². The molecule has 0 radical (unpaired) electrons. The van der Waals surface area contributed by atoms with Crippen molar-refractivity contribution >= 4 is 11.9 Å². The third-order valence-electron chi connectivity index (χ3n) is 1.57. The first-order valence-corrected chi connectivity index (χ1v) is 5.05. The third-order valence-corrected chi connectivity index (χ3v) is 1.57. The number of nitrogens with one attached hydrogen (secondary N) is 2. The van der Waals surface area contributed by atoms with Crippen molar-refractivity contribution in [3.63, 3.8) is 0 Å². The molecular weight excluding hydrogens is 241 g/mol. The van der Waals surface area contributed by atoms with E-state index >= 15 is 0 Å². The average molecular weight is 256 g/mol. The Hall–Kier alpha value is -1.31. The monoisotopic (exact) mass is 256 g/mol. The first kappa shape index (κ1) is 15.7. The summed E-state index contributed by atoms with van der Waals surface area (Å²) in [6, 6.07) is 0. The van der Waals surface area contributed by atoms with E-state index in [-0.39, 0.29) is 19.6 Å². The van der Waals surface area contributed by atoms with E-state index in [1.54, 1.807) is 6.92 Å². The highest BCUT2D eigenvalue weighted by Crippen LogP contribution is 2.11. The molecule has 2 N–H and O–H groups in total. The normalized spacial score (nSPS) is 11.1. The lowest BCUT2D eigenvalue weighted by Gasteiger charge is -2.08. The zero-order valence-corrected chi connectivity index (χ0v) is 9.39. The molecule has 0 rings (SSSR count). The Kier molecular flexibility index (Phi) is 7.27. The van der Waals surface area contributed by atoms with Crippen LogP contribution in [0.4, 0.5) is 13.2 Å². The van der Waals surface area contributed by atoms with Crippen molar-refractivity contribution in [2.45, 2.75) is 19.5 Å². The summed E-state index contributed by atoms with van der Waals surface area (Å²) in [5.41, 5.74) is 0. The lowest BCUT2D eigenvalue weighted by Crippen LogP contribution is -2.38. The molecule has 0 aromatic heterocycles. The van der Waals surface area contributed by atoms with Crippen molar-refractivity contribution in [1.82, 2.24) is 10.6 Å². The Morgan fingerprint density at radius 3 is 2.47 bits per heavy atom. The number of amides is 1. The Bertz CT molecular complexity index is 256. The maximum Gasteiger partial charge on any atom is 0.401 e. The van der Waals surface area contributed by atoms with Crippen LogP contribution in [0, 0.1) is 0 Å². The minimum absolute atomic E-state index is 0.00114. The predicted molar refractivity (Wildman–Crippen MR) is 53.2 cm³/mol. The van der Waals surface area contributed by atoms with E-state index in [4.69, 9.17) is 0 Å². The van der Waals surface area contributed by atoms with Crippen LogP contribution < -0.4 is 10.6 Å². The minimum atomic E-state index is -4.34. The Balaban J connectivity index is 3.50. The topological polar surface area (TPSA) is 67.4 Å². The average Bonchev–Trinajstić information content (AvgIpc) is 2.16. The summed E-state index contributed by atoms with van der Waals surface area (Å²) in [5, 5.41) is 4.22. The highest BCUT2D eigenvalue weighted by molar-refractivity contribution is 5.78. The molecule has 0 heterocycles. The number of esters is 1. The van der Waals surface area contributed by atoms with Crippen molar-refractivity contribution in [1.29, 1.82) is 0 Å². The van der Waals surface area contributed by atoms with Gasteiger partial charge in [-0.1, -0.05) is 0 Å². The highest BCUT2D eigenvalue weighted by atomic mass is 19.4. The van der Waals surface area contributed by atoms with Crippen LogP contribution in [0.1, 0.15) is 13.3 Å². The number of halogens is 3. The quantitative estimate of drug-likeness (QED) is 0.639. The van der Waals surface area contributed by atoms with Crippen molar-refractivity contribution in [3.8, 4) is 0 Å². The van der Waals surface area contributed by atoms with Crippen molar-refractivity contribution in [2.24, 2.45) is 0 Å². The molecule has 0 aliphatic carbocycles. The maximum absolute atomic E-state index is 11.7. The van der Waals surface area contributed by atoms with Gasteiger partial charge in [-0.3, -0.25) is 9.59 Å². The summed E-state index contributed by atoms with van der Waals surface area (Å²) in [6.07, 6.45) is -4.34. The summed E-state index contributed by atoms with van der Waals surface area (Å²) in [4.78, 5) is 21.8. The molecular formula is C9H15F3N2O3. The van der Waals surface area contributed by atoms with Gasteiger partial charge in [0.15, 0.2) is 0 Å². The van der Waals surface area contributed by atoms with E-state index in [0.29, 0.717) is 0 Å². The van der Waals surface area contributed by atoms with Crippen LogP contribution in [0.2, 0.25) is 0 Å². The van der Waals surface area contributed by atoms with Gasteiger partial charge in [-0.2, -0.15) is 13.2 Å². The minimum Gasteiger partial charge on any atom is -0.466 e. The number of alkyl halides is 3. The SMILES string of the molecule is CCOC(=O)CCNC(=O)CNCC(F)(F)F. The van der Waals surface area contributed by atoms with Gasteiger partial charge in [0.2, 0.25) is 5.91 Å². The van der Waals surface area contributed by atoms with Crippen LogP contribution in [0.25, 0.3) is 0 Å². The van der Waals surface area contributed by atoms with E-state index in [1.807, 2.05) is 5.32 Å². The molecule has 0 saturated heterocycles. The zero-order chi connectivity index (χ0) is 13.3. The summed E-state index contributed by atoms with van der Waals surface area (Å²) >= 11 is 0. The molecule has 1 amide bonds. The number of hydrogen-bond donors (Lipinski definition) is 2. The van der Waals surface area contributed by atoms with Crippen molar-refractivity contribution < 1.29 is 27.5 Å². The van der Waals surface area contributed by atoms with Crippen LogP contribution in [-0.2, 0) is 14.3 Å². The van der Waals surface area contributed by atoms with E-state index in [2.05, 4.69) is 10.1 Å². The van der Waals surface area contributed by atoms with E-state index in [9.17, 15) is 22.8 Å². The fraction of sp³-hybridized carbons (Fsp3) is 0.778. The van der Waals surface area contributed by atoms with E-state index in [0.717, 1.165) is 0 Å². The molecule has 0 aromatic rings. The molecule has 0 aliphatic heterocycles. The van der Waals surface area contributed by atoms with Gasteiger partial charge in [0.05, 0.1) is 26.1 Å². The Morgan fingerprint density at radius 2 is 1.94 bits per heavy atom. The first-order chi connectivity index (χ1) is 7.85. The molecule has 0 aromatic carbocycles. The van der Waals surface area contributed by atoms with E-state index in [1.165, 1.54) is 0 Å². The number of rotatable bonds is 7. The molecule has 8 heteroatoms. The van der Waals surface area contributed by atoms with Gasteiger partial charge in [-0.25, -0.2) is 0 Å². The van der Waals surface area contributed by atoms with Gasteiger partial charge in [0.25, 0.3) is 0 Å². The number of ether oxygens (including phenoxy) is 1. The summed E-state index contributed by atoms with van der Waals surface area (Å²) in [6.45, 7) is 0.281. The van der Waals surface area contributed by atoms with Crippen LogP contribution in [-0.4, -0.2) is 44.3 Å². The predicted octanol–water partition coefficient (Wildman–Crippen LogP) is 0.208. The number of hydrogen-bond acceptors (Lipinski definition) is 4. The summed E-state index contributed by atoms with van der Waals surface area (Å²) < 4.78 is 39.7. The smallest absolute Gasteiger partial charge is 0.401 e. The molecule has 0 spiro atoms. The molecule has 0 bridgehead atoms. The fourth-order valence-electron chi connectivity index (χ4n) is 0.917. The molecule has 0 aliphatic rings. The van der Waals surface area contributed by atoms with E-state index < -0.39 is 31.1 Å². The molecule has 17 heavy (non-hydrogen) atoms. The maximum atomic E-state index is 11.7. The Morgan fingerprint density at radius 1 is 1.29 bits per heavy atom. The lowest BCUT2D eigenvalue weighted by atomic mass is 10.4. The van der Waals surface area contributed by atoms with Gasteiger partial charge in [-0.15, -0.1) is 0 Å². The molecule has 0 atom stereocenters. The van der Waals surface area contributed by atoms with Gasteiger partial charge < -0.3 is 15.4 Å². The van der Waals surface area contributed by atoms with Crippen molar-refractivity contribution in [2.75, 3.05) is 26.2 Å². The van der Waals surface area contributed by atoms with Gasteiger partial charge in [-0.05, 0) is 6.92 Å². The highest BCUT2D eigenvalue weighted by Gasteiger charge is 2.26. The molecule has 5 nitrogen and oxygen atoms in total. The van der Waals surface area contributed by atoms with Crippen LogP contribution in [0.15, 0.2) is 0 Å². The van der Waals surface area contributed by atoms with Gasteiger partial charge >= 0.3 is 12.1 Å². The standard InChI is InChI=1S/C9H15F3N2O3/c1-2-17-8(16)3-4-14-7(15)5-13-6-9(10,11)12/h13H,2-6H2,1H3,(H,14,15). The molecule has 0 unspecified atom stereocenters. The fourth-order valence-corrected chi connectivity index (χ4v) is 0.917. The second-order valence-electron chi connectivity index (χ2n) is 3.12. The van der Waals surface area contributed by atoms with Crippen LogP contribution in [0.3, 0.4) is 0 Å². The van der Waals surface area contributed by atoms with Gasteiger partial charge in [0, 0.05) is 6.54 Å². The lowest BCUT2D eigenvalue weighted by molar-refractivity contribution is -0.143. The van der Waals surface area contributed by atoms with Gasteiger partial charge in [0.1, 0.15) is 0 Å². The van der Waals surface area contributed by atoms with Crippen LogP contribution in [0.5, 0.6) is 0 Å². The third kappa shape index (κ3) is 11.0. The van der Waals surface area contributed by atoms with Crippen LogP contribution >= 0.6 is 0 Å².